The molecule has 0 radical (unpaired) electrons. The lowest BCUT2D eigenvalue weighted by Gasteiger charge is -2.07. The van der Waals surface area contributed by atoms with E-state index in [2.05, 4.69) is 17.1 Å². The second-order valence-corrected chi connectivity index (χ2v) is 5.29. The van der Waals surface area contributed by atoms with Gasteiger partial charge in [-0.2, -0.15) is 0 Å². The minimum Gasteiger partial charge on any atom is -0.278 e. The summed E-state index contributed by atoms with van der Waals surface area (Å²) in [5, 5.41) is 1.01. The fourth-order valence-corrected chi connectivity index (χ4v) is 3.04. The van der Waals surface area contributed by atoms with Gasteiger partial charge in [0.1, 0.15) is 0 Å². The topological polar surface area (TPSA) is 34.9 Å². The van der Waals surface area contributed by atoms with E-state index >= 15 is 0 Å². The summed E-state index contributed by atoms with van der Waals surface area (Å²) in [4.78, 5) is 16.8. The Hall–Kier alpha value is -2.94. The summed E-state index contributed by atoms with van der Waals surface area (Å²) in [6, 6.07) is 20.0. The number of pyridine rings is 1. The zero-order valence-electron chi connectivity index (χ0n) is 12.2. The Balaban J connectivity index is 2.23. The highest BCUT2D eigenvalue weighted by molar-refractivity contribution is 6.15. The predicted octanol–water partition coefficient (Wildman–Crippen LogP) is 4.52. The van der Waals surface area contributed by atoms with E-state index in [1.54, 1.807) is 11.5 Å². The first-order valence-corrected chi connectivity index (χ1v) is 7.22. The number of hydrogen-bond acceptors (Lipinski definition) is 2. The van der Waals surface area contributed by atoms with Crippen LogP contribution >= 0.6 is 0 Å². The molecule has 106 valence electrons. The number of benzene rings is 2. The number of fused-ring (bicyclic) bond motifs is 3. The number of para-hydroxylation sites is 1. The Morgan fingerprint density at radius 3 is 2.45 bits per heavy atom. The van der Waals surface area contributed by atoms with E-state index < -0.39 is 0 Å². The molecule has 2 aromatic heterocycles. The molecule has 0 amide bonds. The average Bonchev–Trinajstić information content (AvgIpc) is 2.90. The Kier molecular flexibility index (Phi) is 2.79. The minimum absolute atomic E-state index is 0.00335. The molecular weight excluding hydrogens is 272 g/mol. The van der Waals surface area contributed by atoms with Crippen molar-refractivity contribution < 1.29 is 4.79 Å². The van der Waals surface area contributed by atoms with E-state index in [1.807, 2.05) is 54.7 Å². The fraction of sp³-hybridized carbons (Fsp3) is 0.0526. The fourth-order valence-electron chi connectivity index (χ4n) is 3.04. The Morgan fingerprint density at radius 2 is 1.68 bits per heavy atom. The van der Waals surface area contributed by atoms with Crippen LogP contribution in [0.1, 0.15) is 11.7 Å². The lowest BCUT2D eigenvalue weighted by Crippen LogP contribution is -2.05. The highest BCUT2D eigenvalue weighted by Crippen LogP contribution is 2.34. The van der Waals surface area contributed by atoms with E-state index in [4.69, 9.17) is 0 Å². The molecule has 4 rings (SSSR count). The van der Waals surface area contributed by atoms with E-state index in [-0.39, 0.29) is 5.91 Å². The maximum absolute atomic E-state index is 12.3. The molecule has 0 fully saturated rings. The first-order chi connectivity index (χ1) is 10.8. The van der Waals surface area contributed by atoms with Crippen LogP contribution in [0.2, 0.25) is 0 Å². The SMILES string of the molecule is CC(=O)n1c2ccccc2c2nccc(-c3ccccc3)c21. The smallest absolute Gasteiger partial charge is 0.228 e. The number of carbonyl (C=O) groups is 1. The van der Waals surface area contributed by atoms with Gasteiger partial charge in [0.15, 0.2) is 0 Å². The van der Waals surface area contributed by atoms with Crippen LogP contribution < -0.4 is 0 Å². The van der Waals surface area contributed by atoms with Gasteiger partial charge in [-0.1, -0.05) is 48.5 Å². The van der Waals surface area contributed by atoms with E-state index in [0.29, 0.717) is 0 Å². The van der Waals surface area contributed by atoms with Crippen LogP contribution in [0.4, 0.5) is 0 Å². The van der Waals surface area contributed by atoms with Gasteiger partial charge in [-0.25, -0.2) is 0 Å². The van der Waals surface area contributed by atoms with E-state index in [0.717, 1.165) is 33.1 Å². The molecule has 0 saturated heterocycles. The van der Waals surface area contributed by atoms with Crippen LogP contribution in [0.25, 0.3) is 33.1 Å². The first kappa shape index (κ1) is 12.8. The monoisotopic (exact) mass is 286 g/mol. The van der Waals surface area contributed by atoms with Crippen LogP contribution in [-0.4, -0.2) is 15.5 Å². The number of rotatable bonds is 1. The molecule has 0 spiro atoms. The van der Waals surface area contributed by atoms with Gasteiger partial charge in [0.25, 0.3) is 0 Å². The standard InChI is InChI=1S/C19H14N2O/c1-13(22)21-17-10-6-5-9-16(17)18-19(21)15(11-12-20-18)14-7-3-2-4-8-14/h2-12H,1H3. The van der Waals surface area contributed by atoms with Gasteiger partial charge < -0.3 is 0 Å². The number of hydrogen-bond donors (Lipinski definition) is 0. The average molecular weight is 286 g/mol. The van der Waals surface area contributed by atoms with Crippen molar-refractivity contribution in [2.45, 2.75) is 6.92 Å². The third kappa shape index (κ3) is 1.76. The van der Waals surface area contributed by atoms with E-state index in [9.17, 15) is 4.79 Å². The Bertz CT molecular complexity index is 1000. The second-order valence-electron chi connectivity index (χ2n) is 5.29. The van der Waals surface area contributed by atoms with Crippen molar-refractivity contribution in [2.24, 2.45) is 0 Å². The van der Waals surface area contributed by atoms with Crippen molar-refractivity contribution in [3.63, 3.8) is 0 Å². The van der Waals surface area contributed by atoms with Crippen LogP contribution in [0.5, 0.6) is 0 Å². The number of nitrogens with zero attached hydrogens (tertiary/aromatic N) is 2. The van der Waals surface area contributed by atoms with Gasteiger partial charge in [0, 0.05) is 24.1 Å². The van der Waals surface area contributed by atoms with E-state index in [1.165, 1.54) is 0 Å². The second kappa shape index (κ2) is 4.81. The molecule has 0 unspecified atom stereocenters. The van der Waals surface area contributed by atoms with Gasteiger partial charge in [-0.3, -0.25) is 14.3 Å². The third-order valence-electron chi connectivity index (χ3n) is 3.95. The summed E-state index contributed by atoms with van der Waals surface area (Å²) < 4.78 is 1.76. The largest absolute Gasteiger partial charge is 0.278 e. The number of carbonyl (C=O) groups excluding carboxylic acids is 1. The quantitative estimate of drug-likeness (QED) is 0.516. The summed E-state index contributed by atoms with van der Waals surface area (Å²) in [6.07, 6.45) is 1.81. The molecule has 0 atom stereocenters. The summed E-state index contributed by atoms with van der Waals surface area (Å²) in [6.45, 7) is 1.59. The molecule has 0 bridgehead atoms. The predicted molar refractivity (Wildman–Crippen MR) is 89.0 cm³/mol. The van der Waals surface area contributed by atoms with Gasteiger partial charge in [-0.05, 0) is 17.7 Å². The van der Waals surface area contributed by atoms with Crippen molar-refractivity contribution in [1.82, 2.24) is 9.55 Å². The highest BCUT2D eigenvalue weighted by atomic mass is 16.1. The lowest BCUT2D eigenvalue weighted by molar-refractivity contribution is 0.0946. The van der Waals surface area contributed by atoms with Gasteiger partial charge in [0.2, 0.25) is 5.91 Å². The summed E-state index contributed by atoms with van der Waals surface area (Å²) in [7, 11) is 0. The maximum Gasteiger partial charge on any atom is 0.228 e. The zero-order chi connectivity index (χ0) is 15.1. The zero-order valence-corrected chi connectivity index (χ0v) is 12.2. The molecule has 3 heteroatoms. The van der Waals surface area contributed by atoms with Crippen LogP contribution in [0.15, 0.2) is 66.9 Å². The molecule has 2 heterocycles. The van der Waals surface area contributed by atoms with Crippen molar-refractivity contribution >= 4 is 27.8 Å². The Morgan fingerprint density at radius 1 is 0.955 bits per heavy atom. The highest BCUT2D eigenvalue weighted by Gasteiger charge is 2.17. The van der Waals surface area contributed by atoms with Crippen molar-refractivity contribution in [3.05, 3.63) is 66.9 Å². The van der Waals surface area contributed by atoms with Gasteiger partial charge >= 0.3 is 0 Å². The minimum atomic E-state index is -0.00335. The molecule has 22 heavy (non-hydrogen) atoms. The number of aromatic nitrogens is 2. The molecule has 3 nitrogen and oxygen atoms in total. The van der Waals surface area contributed by atoms with Crippen molar-refractivity contribution in [1.29, 1.82) is 0 Å². The van der Waals surface area contributed by atoms with Crippen molar-refractivity contribution in [3.8, 4) is 11.1 Å². The van der Waals surface area contributed by atoms with Crippen molar-refractivity contribution in [2.75, 3.05) is 0 Å². The third-order valence-corrected chi connectivity index (χ3v) is 3.95. The summed E-state index contributed by atoms with van der Waals surface area (Å²) >= 11 is 0. The van der Waals surface area contributed by atoms with Crippen LogP contribution in [0.3, 0.4) is 0 Å². The van der Waals surface area contributed by atoms with Gasteiger partial charge in [0.05, 0.1) is 16.6 Å². The van der Waals surface area contributed by atoms with Crippen LogP contribution in [-0.2, 0) is 0 Å². The maximum atomic E-state index is 12.3. The summed E-state index contributed by atoms with van der Waals surface area (Å²) in [5.74, 6) is -0.00335. The van der Waals surface area contributed by atoms with Crippen LogP contribution in [0, 0.1) is 0 Å². The molecule has 0 saturated carbocycles. The molecular formula is C19H14N2O. The first-order valence-electron chi connectivity index (χ1n) is 7.22. The normalized spacial score (nSPS) is 11.1. The molecule has 4 aromatic rings. The molecule has 0 aliphatic heterocycles. The molecule has 0 N–H and O–H groups in total. The van der Waals surface area contributed by atoms with Gasteiger partial charge in [-0.15, -0.1) is 0 Å². The molecule has 0 aliphatic rings. The molecule has 0 aliphatic carbocycles. The molecule has 2 aromatic carbocycles. The summed E-state index contributed by atoms with van der Waals surface area (Å²) in [5.41, 5.74) is 4.76. The lowest BCUT2D eigenvalue weighted by atomic mass is 10.1. The Labute approximate surface area is 127 Å².